The van der Waals surface area contributed by atoms with Crippen LogP contribution in [0.25, 0.3) is 22.5 Å². The summed E-state index contributed by atoms with van der Waals surface area (Å²) < 4.78 is 1.08. The summed E-state index contributed by atoms with van der Waals surface area (Å²) in [4.78, 5) is 9.06. The maximum Gasteiger partial charge on any atom is 0.0794 e. The molecule has 0 unspecified atom stereocenters. The molecule has 0 amide bonds. The van der Waals surface area contributed by atoms with Crippen molar-refractivity contribution in [3.8, 4) is 11.3 Å². The number of nitrogens with one attached hydrogen (secondary N) is 1. The number of rotatable bonds is 2. The fraction of sp³-hybridized carbons (Fsp3) is 0.194. The minimum Gasteiger partial charge on any atom is -0.355 e. The highest BCUT2D eigenvalue weighted by Gasteiger charge is 2.27. The normalized spacial score (nSPS) is 15.5. The number of allylic oxidation sites excluding steroid dienone is 1. The molecular weight excluding hydrogens is 480 g/mol. The van der Waals surface area contributed by atoms with Crippen molar-refractivity contribution in [2.24, 2.45) is 4.99 Å². The fourth-order valence-corrected chi connectivity index (χ4v) is 6.06. The molecule has 6 rings (SSSR count). The maximum absolute atomic E-state index is 5.30. The molecule has 3 aromatic carbocycles. The highest BCUT2D eigenvalue weighted by Crippen LogP contribution is 2.41. The van der Waals surface area contributed by atoms with Gasteiger partial charge in [-0.1, -0.05) is 64.0 Å². The molecule has 0 radical (unpaired) electrons. The summed E-state index contributed by atoms with van der Waals surface area (Å²) in [5, 5.41) is 0. The quantitative estimate of drug-likeness (QED) is 0.283. The number of benzene rings is 3. The molecule has 0 spiro atoms. The molecule has 168 valence electrons. The zero-order valence-corrected chi connectivity index (χ0v) is 21.6. The lowest BCUT2D eigenvalue weighted by atomic mass is 9.90. The monoisotopic (exact) mass is 506 g/mol. The van der Waals surface area contributed by atoms with Gasteiger partial charge in [-0.05, 0) is 86.6 Å². The number of aromatic nitrogens is 1. The molecule has 34 heavy (non-hydrogen) atoms. The molecule has 3 heteroatoms. The van der Waals surface area contributed by atoms with Crippen LogP contribution in [0.15, 0.2) is 70.1 Å². The highest BCUT2D eigenvalue weighted by molar-refractivity contribution is 9.10. The van der Waals surface area contributed by atoms with Gasteiger partial charge in [0.15, 0.2) is 0 Å². The van der Waals surface area contributed by atoms with Crippen LogP contribution in [0.2, 0.25) is 0 Å². The van der Waals surface area contributed by atoms with Crippen LogP contribution in [-0.2, 0) is 12.8 Å². The number of hydrogen-bond donors (Lipinski definition) is 1. The van der Waals surface area contributed by atoms with E-state index >= 15 is 0 Å². The Bertz CT molecular complexity index is 1520. The van der Waals surface area contributed by atoms with Crippen LogP contribution in [-0.4, -0.2) is 10.7 Å². The summed E-state index contributed by atoms with van der Waals surface area (Å²) >= 11 is 3.69. The lowest BCUT2D eigenvalue weighted by Crippen LogP contribution is -2.06. The molecule has 2 aliphatic rings. The van der Waals surface area contributed by atoms with Crippen molar-refractivity contribution in [2.75, 3.05) is 0 Å². The number of aryl methyl sites for hydroxylation is 5. The van der Waals surface area contributed by atoms with Crippen molar-refractivity contribution in [1.29, 1.82) is 0 Å². The number of hydrogen-bond acceptors (Lipinski definition) is 1. The van der Waals surface area contributed by atoms with E-state index in [4.69, 9.17) is 4.99 Å². The van der Waals surface area contributed by atoms with Crippen LogP contribution in [0.4, 0.5) is 0 Å². The first-order chi connectivity index (χ1) is 16.4. The first-order valence-electron chi connectivity index (χ1n) is 11.9. The van der Waals surface area contributed by atoms with E-state index in [1.165, 1.54) is 61.3 Å². The number of H-pyrrole nitrogens is 1. The fourth-order valence-electron chi connectivity index (χ4n) is 5.70. The summed E-state index contributed by atoms with van der Waals surface area (Å²) in [6.45, 7) is 8.75. The van der Waals surface area contributed by atoms with E-state index in [9.17, 15) is 0 Å². The van der Waals surface area contributed by atoms with E-state index in [2.05, 4.69) is 109 Å². The molecule has 0 bridgehead atoms. The van der Waals surface area contributed by atoms with E-state index in [0.717, 1.165) is 34.4 Å². The largest absolute Gasteiger partial charge is 0.355 e. The van der Waals surface area contributed by atoms with Crippen LogP contribution in [0, 0.1) is 20.8 Å². The highest BCUT2D eigenvalue weighted by atomic mass is 79.9. The minimum absolute atomic E-state index is 1.06. The molecule has 0 atom stereocenters. The summed E-state index contributed by atoms with van der Waals surface area (Å²) in [5.41, 5.74) is 17.4. The Morgan fingerprint density at radius 3 is 2.35 bits per heavy atom. The van der Waals surface area contributed by atoms with Crippen molar-refractivity contribution in [2.45, 2.75) is 40.5 Å². The van der Waals surface area contributed by atoms with Gasteiger partial charge in [0.05, 0.1) is 11.4 Å². The van der Waals surface area contributed by atoms with Crippen LogP contribution >= 0.6 is 15.9 Å². The van der Waals surface area contributed by atoms with Gasteiger partial charge < -0.3 is 4.98 Å². The molecule has 1 aliphatic carbocycles. The maximum atomic E-state index is 5.30. The molecule has 1 N–H and O–H groups in total. The Kier molecular flexibility index (Phi) is 5.00. The van der Waals surface area contributed by atoms with E-state index in [0.29, 0.717) is 0 Å². The van der Waals surface area contributed by atoms with Crippen LogP contribution in [0.1, 0.15) is 57.1 Å². The predicted octanol–water partition coefficient (Wildman–Crippen LogP) is 8.21. The third kappa shape index (κ3) is 3.33. The molecule has 0 fully saturated rings. The van der Waals surface area contributed by atoms with Gasteiger partial charge in [-0.3, -0.25) is 0 Å². The second kappa shape index (κ2) is 7.95. The molecule has 0 saturated carbocycles. The molecule has 2 heterocycles. The van der Waals surface area contributed by atoms with Crippen molar-refractivity contribution in [3.05, 3.63) is 115 Å². The summed E-state index contributed by atoms with van der Waals surface area (Å²) in [5.74, 6) is 0. The number of fused-ring (bicyclic) bond motifs is 4. The van der Waals surface area contributed by atoms with Gasteiger partial charge in [0.1, 0.15) is 0 Å². The van der Waals surface area contributed by atoms with E-state index < -0.39 is 0 Å². The average molecular weight is 507 g/mol. The molecule has 4 aromatic rings. The molecule has 1 aromatic heterocycles. The van der Waals surface area contributed by atoms with Crippen molar-refractivity contribution in [3.63, 3.8) is 0 Å². The Labute approximate surface area is 209 Å². The average Bonchev–Trinajstić information content (AvgIpc) is 3.40. The van der Waals surface area contributed by atoms with Gasteiger partial charge in [0, 0.05) is 38.1 Å². The van der Waals surface area contributed by atoms with Crippen LogP contribution in [0.3, 0.4) is 0 Å². The Morgan fingerprint density at radius 1 is 0.824 bits per heavy atom. The number of halogens is 1. The van der Waals surface area contributed by atoms with Crippen molar-refractivity contribution >= 4 is 32.9 Å². The van der Waals surface area contributed by atoms with Gasteiger partial charge in [-0.25, -0.2) is 4.99 Å². The van der Waals surface area contributed by atoms with Crippen LogP contribution < -0.4 is 0 Å². The predicted molar refractivity (Wildman–Crippen MR) is 147 cm³/mol. The van der Waals surface area contributed by atoms with Crippen molar-refractivity contribution < 1.29 is 0 Å². The second-order valence-corrected chi connectivity index (χ2v) is 10.6. The topological polar surface area (TPSA) is 28.1 Å². The van der Waals surface area contributed by atoms with Gasteiger partial charge in [0.25, 0.3) is 0 Å². The summed E-state index contributed by atoms with van der Waals surface area (Å²) in [6, 6.07) is 22.1. The minimum atomic E-state index is 1.06. The van der Waals surface area contributed by atoms with E-state index in [1.807, 2.05) is 0 Å². The third-order valence-electron chi connectivity index (χ3n) is 7.24. The van der Waals surface area contributed by atoms with Gasteiger partial charge in [0.2, 0.25) is 0 Å². The molecule has 0 saturated heterocycles. The SMILES string of the molecule is C/C(=C1/N=C(c2c(C)cc(C)cc2C)c2cc(Br)ccc21)c1cc2c([nH]1)-c1ccccc1CC2. The molecule has 1 aliphatic heterocycles. The molecule has 2 nitrogen and oxygen atoms in total. The summed E-state index contributed by atoms with van der Waals surface area (Å²) in [7, 11) is 0. The van der Waals surface area contributed by atoms with Gasteiger partial charge in [-0.2, -0.15) is 0 Å². The number of aliphatic imine (C=N–C) groups is 1. The Morgan fingerprint density at radius 2 is 1.56 bits per heavy atom. The van der Waals surface area contributed by atoms with Gasteiger partial charge in [-0.15, -0.1) is 0 Å². The van der Waals surface area contributed by atoms with E-state index in [-0.39, 0.29) is 0 Å². The Balaban J connectivity index is 1.55. The molecular formula is C31H27BrN2. The number of aromatic amines is 1. The van der Waals surface area contributed by atoms with Gasteiger partial charge >= 0.3 is 0 Å². The first kappa shape index (κ1) is 21.4. The smallest absolute Gasteiger partial charge is 0.0794 e. The summed E-state index contributed by atoms with van der Waals surface area (Å²) in [6.07, 6.45) is 2.17. The third-order valence-corrected chi connectivity index (χ3v) is 7.73. The standard InChI is InChI=1S/C31H27BrN2/c1-17-13-18(2)28(19(3)14-17)31-26-16-23(32)11-12-25(26)29(34-31)20(4)27-15-22-10-9-21-7-5-6-8-24(21)30(22)33-27/h5-8,11-16,33H,9-10H2,1-4H3/b29-20-. The van der Waals surface area contributed by atoms with Crippen LogP contribution in [0.5, 0.6) is 0 Å². The lowest BCUT2D eigenvalue weighted by molar-refractivity contribution is 0.942. The lowest BCUT2D eigenvalue weighted by Gasteiger charge is -2.15. The Hall–Kier alpha value is -3.17. The first-order valence-corrected chi connectivity index (χ1v) is 12.7. The zero-order chi connectivity index (χ0) is 23.6. The number of nitrogens with zero attached hydrogens (tertiary/aromatic N) is 1. The van der Waals surface area contributed by atoms with Crippen molar-refractivity contribution in [1.82, 2.24) is 4.98 Å². The second-order valence-electron chi connectivity index (χ2n) is 9.64. The van der Waals surface area contributed by atoms with E-state index in [1.54, 1.807) is 0 Å². The zero-order valence-electron chi connectivity index (χ0n) is 20.0.